The van der Waals surface area contributed by atoms with E-state index in [0.29, 0.717) is 18.2 Å². The number of benzene rings is 2. The molecule has 3 aromatic rings. The third-order valence-electron chi connectivity index (χ3n) is 6.58. The Balaban J connectivity index is 1.21. The SMILES string of the molecule is CS(=O)(=O)N1CC2(CCN(CC(=O)Nc3ncc(-c4ccccc4)s3)CC2)c2ccccc21. The smallest absolute Gasteiger partial charge is 0.240 e. The number of hydrogen-bond donors (Lipinski definition) is 1. The fourth-order valence-electron chi connectivity index (χ4n) is 4.88. The second-order valence-corrected chi connectivity index (χ2v) is 11.7. The van der Waals surface area contributed by atoms with Gasteiger partial charge in [0.25, 0.3) is 0 Å². The monoisotopic (exact) mass is 482 g/mol. The predicted octanol–water partition coefficient (Wildman–Crippen LogP) is 3.56. The second-order valence-electron chi connectivity index (χ2n) is 8.79. The topological polar surface area (TPSA) is 82.6 Å². The molecule has 1 saturated heterocycles. The average Bonchev–Trinajstić information content (AvgIpc) is 3.39. The van der Waals surface area contributed by atoms with Gasteiger partial charge in [0.1, 0.15) is 0 Å². The summed E-state index contributed by atoms with van der Waals surface area (Å²) in [4.78, 5) is 20.1. The molecule has 1 N–H and O–H groups in total. The van der Waals surface area contributed by atoms with Crippen molar-refractivity contribution in [1.29, 1.82) is 0 Å². The zero-order chi connectivity index (χ0) is 23.1. The van der Waals surface area contributed by atoms with Crippen LogP contribution in [-0.4, -0.2) is 56.6 Å². The van der Waals surface area contributed by atoms with E-state index in [2.05, 4.69) is 21.3 Å². The number of carbonyl (C=O) groups excluding carboxylic acids is 1. The molecule has 2 aliphatic heterocycles. The number of thiazole rings is 1. The third kappa shape index (κ3) is 4.40. The molecule has 33 heavy (non-hydrogen) atoms. The van der Waals surface area contributed by atoms with Gasteiger partial charge in [0.05, 0.1) is 23.4 Å². The minimum Gasteiger partial charge on any atom is -0.301 e. The number of fused-ring (bicyclic) bond motifs is 2. The number of carbonyl (C=O) groups is 1. The quantitative estimate of drug-likeness (QED) is 0.601. The van der Waals surface area contributed by atoms with Crippen molar-refractivity contribution in [2.24, 2.45) is 0 Å². The van der Waals surface area contributed by atoms with Crippen molar-refractivity contribution < 1.29 is 13.2 Å². The fourth-order valence-corrected chi connectivity index (χ4v) is 6.71. The summed E-state index contributed by atoms with van der Waals surface area (Å²) in [5.41, 5.74) is 2.80. The van der Waals surface area contributed by atoms with Gasteiger partial charge in [-0.15, -0.1) is 0 Å². The molecular weight excluding hydrogens is 456 g/mol. The van der Waals surface area contributed by atoms with Crippen LogP contribution < -0.4 is 9.62 Å². The van der Waals surface area contributed by atoms with E-state index in [9.17, 15) is 13.2 Å². The van der Waals surface area contributed by atoms with Crippen LogP contribution in [0.4, 0.5) is 10.8 Å². The van der Waals surface area contributed by atoms with Crippen LogP contribution in [-0.2, 0) is 20.2 Å². The molecule has 1 spiro atoms. The minimum absolute atomic E-state index is 0.0792. The molecule has 1 aromatic heterocycles. The van der Waals surface area contributed by atoms with Crippen LogP contribution in [0.2, 0.25) is 0 Å². The first kappa shape index (κ1) is 22.1. The molecule has 0 radical (unpaired) electrons. The lowest BCUT2D eigenvalue weighted by atomic mass is 9.74. The number of piperidine rings is 1. The number of amides is 1. The van der Waals surface area contributed by atoms with Crippen LogP contribution in [0.25, 0.3) is 10.4 Å². The number of nitrogens with one attached hydrogen (secondary N) is 1. The molecule has 0 saturated carbocycles. The first-order valence-electron chi connectivity index (χ1n) is 10.9. The highest BCUT2D eigenvalue weighted by Crippen LogP contribution is 2.47. The Morgan fingerprint density at radius 1 is 1.09 bits per heavy atom. The van der Waals surface area contributed by atoms with E-state index in [-0.39, 0.29) is 11.3 Å². The Morgan fingerprint density at radius 2 is 1.79 bits per heavy atom. The Hall–Kier alpha value is -2.75. The molecule has 1 fully saturated rings. The van der Waals surface area contributed by atoms with Gasteiger partial charge >= 0.3 is 0 Å². The van der Waals surface area contributed by atoms with Gasteiger partial charge in [0.2, 0.25) is 15.9 Å². The van der Waals surface area contributed by atoms with Crippen molar-refractivity contribution in [3.63, 3.8) is 0 Å². The molecule has 0 aliphatic carbocycles. The number of nitrogens with zero attached hydrogens (tertiary/aromatic N) is 3. The van der Waals surface area contributed by atoms with Gasteiger partial charge in [0, 0.05) is 18.2 Å². The standard InChI is InChI=1S/C24H26N4O3S2/c1-33(30,31)28-17-24(19-9-5-6-10-20(19)28)11-13-27(14-12-24)16-22(29)26-23-25-15-21(32-23)18-7-3-2-4-8-18/h2-10,15H,11-14,16-17H2,1H3,(H,25,26,29). The summed E-state index contributed by atoms with van der Waals surface area (Å²) in [6.07, 6.45) is 4.69. The number of likely N-dealkylation sites (tertiary alicyclic amines) is 1. The Labute approximate surface area is 198 Å². The summed E-state index contributed by atoms with van der Waals surface area (Å²) in [5, 5.41) is 3.52. The fraction of sp³-hybridized carbons (Fsp3) is 0.333. The molecule has 0 atom stereocenters. The van der Waals surface area contributed by atoms with Gasteiger partial charge in [-0.25, -0.2) is 13.4 Å². The third-order valence-corrected chi connectivity index (χ3v) is 8.67. The summed E-state index contributed by atoms with van der Waals surface area (Å²) >= 11 is 1.46. The largest absolute Gasteiger partial charge is 0.301 e. The number of hydrogen-bond acceptors (Lipinski definition) is 6. The summed E-state index contributed by atoms with van der Waals surface area (Å²) < 4.78 is 26.3. The van der Waals surface area contributed by atoms with Gasteiger partial charge < -0.3 is 5.32 Å². The lowest BCUT2D eigenvalue weighted by Gasteiger charge is -2.39. The van der Waals surface area contributed by atoms with E-state index >= 15 is 0 Å². The maximum Gasteiger partial charge on any atom is 0.240 e. The maximum absolute atomic E-state index is 12.6. The van der Waals surface area contributed by atoms with Crippen LogP contribution in [0, 0.1) is 0 Å². The first-order valence-corrected chi connectivity index (χ1v) is 13.6. The number of para-hydroxylation sites is 1. The second kappa shape index (κ2) is 8.55. The highest BCUT2D eigenvalue weighted by atomic mass is 32.2. The van der Waals surface area contributed by atoms with E-state index < -0.39 is 10.0 Å². The highest BCUT2D eigenvalue weighted by molar-refractivity contribution is 7.92. The molecule has 3 heterocycles. The van der Waals surface area contributed by atoms with Gasteiger partial charge in [-0.3, -0.25) is 14.0 Å². The van der Waals surface area contributed by atoms with Crippen molar-refractivity contribution in [2.45, 2.75) is 18.3 Å². The van der Waals surface area contributed by atoms with E-state index in [0.717, 1.165) is 47.6 Å². The predicted molar refractivity (Wildman–Crippen MR) is 132 cm³/mol. The molecule has 1 amide bonds. The van der Waals surface area contributed by atoms with Crippen LogP contribution in [0.1, 0.15) is 18.4 Å². The van der Waals surface area contributed by atoms with E-state index in [1.54, 1.807) is 6.20 Å². The number of aromatic nitrogens is 1. The van der Waals surface area contributed by atoms with Crippen molar-refractivity contribution in [1.82, 2.24) is 9.88 Å². The molecule has 172 valence electrons. The summed E-state index contributed by atoms with van der Waals surface area (Å²) in [6, 6.07) is 17.8. The van der Waals surface area contributed by atoms with Gasteiger partial charge in [-0.2, -0.15) is 0 Å². The number of rotatable bonds is 5. The van der Waals surface area contributed by atoms with Crippen LogP contribution in [0.5, 0.6) is 0 Å². The lowest BCUT2D eigenvalue weighted by Crippen LogP contribution is -2.47. The van der Waals surface area contributed by atoms with Crippen molar-refractivity contribution in [3.05, 3.63) is 66.4 Å². The molecule has 2 aromatic carbocycles. The zero-order valence-corrected chi connectivity index (χ0v) is 20.0. The molecule has 2 aliphatic rings. The van der Waals surface area contributed by atoms with Gasteiger partial charge in [-0.1, -0.05) is 59.9 Å². The Kier molecular flexibility index (Phi) is 5.72. The molecule has 5 rings (SSSR count). The van der Waals surface area contributed by atoms with Crippen molar-refractivity contribution >= 4 is 38.1 Å². The molecule has 7 nitrogen and oxygen atoms in total. The lowest BCUT2D eigenvalue weighted by molar-refractivity contribution is -0.117. The minimum atomic E-state index is -3.33. The molecule has 0 unspecified atom stereocenters. The van der Waals surface area contributed by atoms with Crippen LogP contribution >= 0.6 is 11.3 Å². The molecular formula is C24H26N4O3S2. The van der Waals surface area contributed by atoms with E-state index in [1.807, 2.05) is 48.5 Å². The molecule has 9 heteroatoms. The van der Waals surface area contributed by atoms with E-state index in [4.69, 9.17) is 0 Å². The van der Waals surface area contributed by atoms with Gasteiger partial charge in [0.15, 0.2) is 5.13 Å². The zero-order valence-electron chi connectivity index (χ0n) is 18.4. The van der Waals surface area contributed by atoms with Crippen LogP contribution in [0.15, 0.2) is 60.8 Å². The highest BCUT2D eigenvalue weighted by Gasteiger charge is 2.46. The van der Waals surface area contributed by atoms with Crippen molar-refractivity contribution in [2.75, 3.05) is 42.1 Å². The Morgan fingerprint density at radius 3 is 2.52 bits per heavy atom. The van der Waals surface area contributed by atoms with Crippen LogP contribution in [0.3, 0.4) is 0 Å². The normalized spacial score (nSPS) is 17.8. The number of anilines is 2. The van der Waals surface area contributed by atoms with Crippen molar-refractivity contribution in [3.8, 4) is 10.4 Å². The first-order chi connectivity index (χ1) is 15.8. The molecule has 0 bridgehead atoms. The Bertz CT molecular complexity index is 1270. The maximum atomic E-state index is 12.6. The summed E-state index contributed by atoms with van der Waals surface area (Å²) in [5.74, 6) is -0.0792. The average molecular weight is 483 g/mol. The number of sulfonamides is 1. The summed E-state index contributed by atoms with van der Waals surface area (Å²) in [7, 11) is -3.33. The van der Waals surface area contributed by atoms with Gasteiger partial charge in [-0.05, 0) is 43.1 Å². The van der Waals surface area contributed by atoms with E-state index in [1.165, 1.54) is 21.9 Å². The summed E-state index contributed by atoms with van der Waals surface area (Å²) in [6.45, 7) is 2.26.